The number of aliphatic hydroxyl groups is 1. The lowest BCUT2D eigenvalue weighted by atomic mass is 10.1. The van der Waals surface area contributed by atoms with Crippen LogP contribution in [0.2, 0.25) is 0 Å². The summed E-state index contributed by atoms with van der Waals surface area (Å²) in [5, 5.41) is 8.72. The number of thiophene rings is 1. The van der Waals surface area contributed by atoms with Crippen LogP contribution in [-0.4, -0.2) is 36.1 Å². The number of amides is 1. The molecule has 1 heterocycles. The molecular weight excluding hydrogens is 270 g/mol. The van der Waals surface area contributed by atoms with Gasteiger partial charge in [0.2, 0.25) is 0 Å². The molecule has 1 aromatic rings. The van der Waals surface area contributed by atoms with Crippen molar-refractivity contribution in [2.75, 3.05) is 20.2 Å². The van der Waals surface area contributed by atoms with Crippen molar-refractivity contribution >= 4 is 17.2 Å². The molecule has 4 heteroatoms. The summed E-state index contributed by atoms with van der Waals surface area (Å²) in [5.41, 5.74) is 1.03. The van der Waals surface area contributed by atoms with E-state index >= 15 is 0 Å². The molecule has 1 aromatic heterocycles. The Kier molecular flexibility index (Phi) is 6.77. The summed E-state index contributed by atoms with van der Waals surface area (Å²) in [4.78, 5) is 15.7. The van der Waals surface area contributed by atoms with Crippen molar-refractivity contribution < 1.29 is 9.90 Å². The first kappa shape index (κ1) is 16.7. The van der Waals surface area contributed by atoms with E-state index in [1.807, 2.05) is 20.0 Å². The average molecular weight is 293 g/mol. The highest BCUT2D eigenvalue weighted by Gasteiger charge is 2.15. The van der Waals surface area contributed by atoms with Gasteiger partial charge in [0.15, 0.2) is 0 Å². The fourth-order valence-electron chi connectivity index (χ4n) is 1.65. The Balaban J connectivity index is 2.75. The third-order valence-electron chi connectivity index (χ3n) is 2.96. The van der Waals surface area contributed by atoms with Crippen LogP contribution in [-0.2, 0) is 0 Å². The Hall–Kier alpha value is -1.31. The van der Waals surface area contributed by atoms with Crippen LogP contribution in [0, 0.1) is 24.7 Å². The minimum Gasteiger partial charge on any atom is -0.395 e. The first-order valence-corrected chi connectivity index (χ1v) is 7.73. The Morgan fingerprint density at radius 1 is 1.50 bits per heavy atom. The second-order valence-corrected chi connectivity index (χ2v) is 6.36. The molecule has 0 aromatic carbocycles. The molecule has 110 valence electrons. The van der Waals surface area contributed by atoms with Gasteiger partial charge in [0.05, 0.1) is 16.4 Å². The van der Waals surface area contributed by atoms with Crippen LogP contribution in [0.15, 0.2) is 6.07 Å². The molecule has 0 unspecified atom stereocenters. The highest BCUT2D eigenvalue weighted by molar-refractivity contribution is 7.14. The lowest BCUT2D eigenvalue weighted by Crippen LogP contribution is -2.27. The highest BCUT2D eigenvalue weighted by atomic mass is 32.1. The normalized spacial score (nSPS) is 10.3. The summed E-state index contributed by atoms with van der Waals surface area (Å²) in [5.74, 6) is 6.57. The topological polar surface area (TPSA) is 40.5 Å². The number of nitrogens with zero attached hydrogens (tertiary/aromatic N) is 1. The van der Waals surface area contributed by atoms with Crippen LogP contribution in [0.3, 0.4) is 0 Å². The number of hydrogen-bond donors (Lipinski definition) is 1. The van der Waals surface area contributed by atoms with Gasteiger partial charge in [0.1, 0.15) is 0 Å². The van der Waals surface area contributed by atoms with Gasteiger partial charge in [-0.1, -0.05) is 25.7 Å². The Bertz CT molecular complexity index is 508. The average Bonchev–Trinajstić information content (AvgIpc) is 2.77. The van der Waals surface area contributed by atoms with Gasteiger partial charge in [-0.25, -0.2) is 0 Å². The van der Waals surface area contributed by atoms with Crippen molar-refractivity contribution in [2.24, 2.45) is 5.92 Å². The van der Waals surface area contributed by atoms with Gasteiger partial charge < -0.3 is 10.0 Å². The zero-order chi connectivity index (χ0) is 15.1. The smallest absolute Gasteiger partial charge is 0.263 e. The van der Waals surface area contributed by atoms with Crippen molar-refractivity contribution in [2.45, 2.75) is 33.6 Å². The standard InChI is InChI=1S/C16H23NO2S/c1-12(2)8-9-17(4)16(19)15-11-13(3)14(20-15)7-5-6-10-18/h11-12,18H,6,8-10H2,1-4H3. The SMILES string of the molecule is Cc1cc(C(=O)N(C)CCC(C)C)sc1C#CCCO. The summed E-state index contributed by atoms with van der Waals surface area (Å²) in [7, 11) is 1.84. The number of carbonyl (C=O) groups excluding carboxylic acids is 1. The molecule has 0 aliphatic carbocycles. The molecule has 3 nitrogen and oxygen atoms in total. The molecule has 20 heavy (non-hydrogen) atoms. The molecule has 0 saturated carbocycles. The van der Waals surface area contributed by atoms with Crippen molar-refractivity contribution in [1.29, 1.82) is 0 Å². The van der Waals surface area contributed by atoms with E-state index in [4.69, 9.17) is 5.11 Å². The summed E-state index contributed by atoms with van der Waals surface area (Å²) < 4.78 is 0. The predicted octanol–water partition coefficient (Wildman–Crippen LogP) is 2.91. The lowest BCUT2D eigenvalue weighted by molar-refractivity contribution is 0.0794. The summed E-state index contributed by atoms with van der Waals surface area (Å²) in [6.45, 7) is 7.12. The largest absolute Gasteiger partial charge is 0.395 e. The van der Waals surface area contributed by atoms with E-state index in [0.29, 0.717) is 12.3 Å². The monoisotopic (exact) mass is 293 g/mol. The molecule has 0 atom stereocenters. The van der Waals surface area contributed by atoms with Crippen LogP contribution in [0.5, 0.6) is 0 Å². The Labute approximate surface area is 125 Å². The number of rotatable bonds is 5. The van der Waals surface area contributed by atoms with E-state index in [-0.39, 0.29) is 12.5 Å². The van der Waals surface area contributed by atoms with Gasteiger partial charge in [0, 0.05) is 20.0 Å². The summed E-state index contributed by atoms with van der Waals surface area (Å²) in [6.07, 6.45) is 1.48. The fourth-order valence-corrected chi connectivity index (χ4v) is 2.69. The number of carbonyl (C=O) groups is 1. The quantitative estimate of drug-likeness (QED) is 0.848. The molecule has 0 aliphatic rings. The molecule has 0 radical (unpaired) electrons. The second-order valence-electron chi connectivity index (χ2n) is 5.31. The van der Waals surface area contributed by atoms with Crippen LogP contribution in [0.25, 0.3) is 0 Å². The summed E-state index contributed by atoms with van der Waals surface area (Å²) >= 11 is 1.43. The van der Waals surface area contributed by atoms with Crippen LogP contribution < -0.4 is 0 Å². The molecule has 0 saturated heterocycles. The van der Waals surface area contributed by atoms with Gasteiger partial charge in [-0.05, 0) is 30.9 Å². The van der Waals surface area contributed by atoms with Gasteiger partial charge in [0.25, 0.3) is 5.91 Å². The summed E-state index contributed by atoms with van der Waals surface area (Å²) in [6, 6.07) is 1.90. The van der Waals surface area contributed by atoms with E-state index in [2.05, 4.69) is 25.7 Å². The van der Waals surface area contributed by atoms with Crippen LogP contribution >= 0.6 is 11.3 Å². The molecule has 1 rings (SSSR count). The van der Waals surface area contributed by atoms with Gasteiger partial charge >= 0.3 is 0 Å². The Morgan fingerprint density at radius 3 is 2.80 bits per heavy atom. The van der Waals surface area contributed by atoms with Gasteiger partial charge in [-0.3, -0.25) is 4.79 Å². The van der Waals surface area contributed by atoms with E-state index in [9.17, 15) is 4.79 Å². The number of aryl methyl sites for hydroxylation is 1. The maximum Gasteiger partial charge on any atom is 0.263 e. The van der Waals surface area contributed by atoms with Crippen molar-refractivity contribution in [3.63, 3.8) is 0 Å². The van der Waals surface area contributed by atoms with E-state index < -0.39 is 0 Å². The first-order valence-electron chi connectivity index (χ1n) is 6.91. The molecule has 0 aliphatic heterocycles. The van der Waals surface area contributed by atoms with Crippen molar-refractivity contribution in [3.05, 3.63) is 21.4 Å². The fraction of sp³-hybridized carbons (Fsp3) is 0.562. The third kappa shape index (κ3) is 4.99. The van der Waals surface area contributed by atoms with Gasteiger partial charge in [-0.2, -0.15) is 0 Å². The first-order chi connectivity index (χ1) is 9.45. The number of aliphatic hydroxyl groups excluding tert-OH is 1. The number of hydrogen-bond acceptors (Lipinski definition) is 3. The minimum atomic E-state index is 0.0639. The highest BCUT2D eigenvalue weighted by Crippen LogP contribution is 2.22. The van der Waals surface area contributed by atoms with Crippen LogP contribution in [0.4, 0.5) is 0 Å². The molecule has 0 spiro atoms. The van der Waals surface area contributed by atoms with Gasteiger partial charge in [-0.15, -0.1) is 11.3 Å². The molecule has 1 N–H and O–H groups in total. The molecular formula is C16H23NO2S. The zero-order valence-corrected chi connectivity index (χ0v) is 13.5. The third-order valence-corrected chi connectivity index (χ3v) is 4.10. The Morgan fingerprint density at radius 2 is 2.20 bits per heavy atom. The minimum absolute atomic E-state index is 0.0639. The van der Waals surface area contributed by atoms with Crippen molar-refractivity contribution in [1.82, 2.24) is 4.90 Å². The van der Waals surface area contributed by atoms with Crippen molar-refractivity contribution in [3.8, 4) is 11.8 Å². The molecule has 0 fully saturated rings. The predicted molar refractivity (Wildman–Crippen MR) is 84.1 cm³/mol. The van der Waals surface area contributed by atoms with E-state index in [1.54, 1.807) is 4.90 Å². The maximum atomic E-state index is 12.3. The second kappa shape index (κ2) is 8.08. The zero-order valence-electron chi connectivity index (χ0n) is 12.7. The van der Waals surface area contributed by atoms with Crippen LogP contribution in [0.1, 0.15) is 46.8 Å². The van der Waals surface area contributed by atoms with E-state index in [1.165, 1.54) is 11.3 Å². The maximum absolute atomic E-state index is 12.3. The molecule has 0 bridgehead atoms. The molecule has 1 amide bonds. The van der Waals surface area contributed by atoms with E-state index in [0.717, 1.165) is 28.3 Å². The lowest BCUT2D eigenvalue weighted by Gasteiger charge is -2.17.